The smallest absolute Gasteiger partial charge is 0.308 e. The highest BCUT2D eigenvalue weighted by atomic mass is 16.4. The number of nitrogens with zero attached hydrogens (tertiary/aromatic N) is 2. The largest absolute Gasteiger partial charge is 0.481 e. The topological polar surface area (TPSA) is 83.6 Å². The summed E-state index contributed by atoms with van der Waals surface area (Å²) in [7, 11) is 1.58. The molecule has 0 spiro atoms. The van der Waals surface area contributed by atoms with E-state index in [2.05, 4.69) is 4.98 Å². The van der Waals surface area contributed by atoms with Crippen LogP contribution in [-0.2, 0) is 4.79 Å². The highest BCUT2D eigenvalue weighted by molar-refractivity contribution is 5.95. The summed E-state index contributed by atoms with van der Waals surface area (Å²) in [5.74, 6) is -1.16. The Morgan fingerprint density at radius 3 is 2.64 bits per heavy atom. The van der Waals surface area contributed by atoms with Gasteiger partial charge in [0.2, 0.25) is 0 Å². The molecule has 1 N–H and O–H groups in total. The summed E-state index contributed by atoms with van der Waals surface area (Å²) in [4.78, 5) is 29.0. The summed E-state index contributed by atoms with van der Waals surface area (Å²) in [6.07, 6.45) is 1.56. The second kappa shape index (κ2) is 6.43. The first-order valence-corrected chi connectivity index (χ1v) is 6.90. The molecule has 2 aromatic heterocycles. The molecule has 0 saturated carbocycles. The molecule has 1 amide bonds. The molecule has 0 fully saturated rings. The molecule has 0 bridgehead atoms. The number of amides is 1. The van der Waals surface area contributed by atoms with Crippen molar-refractivity contribution in [3.8, 4) is 11.5 Å². The number of furan rings is 1. The number of carbonyl (C=O) groups is 2. The van der Waals surface area contributed by atoms with Crippen molar-refractivity contribution in [1.82, 2.24) is 9.88 Å². The maximum Gasteiger partial charge on any atom is 0.308 e. The fourth-order valence-corrected chi connectivity index (χ4v) is 2.13. The van der Waals surface area contributed by atoms with Crippen LogP contribution < -0.4 is 0 Å². The fraction of sp³-hybridized carbons (Fsp3) is 0.312. The Hall–Kier alpha value is -2.63. The van der Waals surface area contributed by atoms with Gasteiger partial charge in [-0.1, -0.05) is 6.92 Å². The molecule has 0 aliphatic rings. The standard InChI is InChI=1S/C16H18N2O4/c1-10(16(20)21)9-18(3)15(19)12-6-7-13(17-11(12)2)14-5-4-8-22-14/h4-8,10H,9H2,1-3H3,(H,20,21). The van der Waals surface area contributed by atoms with Gasteiger partial charge in [0.1, 0.15) is 5.69 Å². The lowest BCUT2D eigenvalue weighted by Crippen LogP contribution is -2.34. The number of pyridine rings is 1. The molecule has 22 heavy (non-hydrogen) atoms. The first-order chi connectivity index (χ1) is 10.4. The number of hydrogen-bond donors (Lipinski definition) is 1. The van der Waals surface area contributed by atoms with E-state index in [1.165, 1.54) is 4.90 Å². The average Bonchev–Trinajstić information content (AvgIpc) is 3.00. The van der Waals surface area contributed by atoms with Crippen LogP contribution in [0.5, 0.6) is 0 Å². The minimum absolute atomic E-state index is 0.146. The van der Waals surface area contributed by atoms with Crippen LogP contribution in [0.15, 0.2) is 34.9 Å². The summed E-state index contributed by atoms with van der Waals surface area (Å²) >= 11 is 0. The third-order valence-electron chi connectivity index (χ3n) is 3.41. The van der Waals surface area contributed by atoms with Crippen molar-refractivity contribution >= 4 is 11.9 Å². The van der Waals surface area contributed by atoms with E-state index in [4.69, 9.17) is 9.52 Å². The number of carbonyl (C=O) groups excluding carboxylic acids is 1. The molecule has 0 aliphatic heterocycles. The lowest BCUT2D eigenvalue weighted by Gasteiger charge is -2.20. The predicted octanol–water partition coefficient (Wildman–Crippen LogP) is 2.44. The summed E-state index contributed by atoms with van der Waals surface area (Å²) in [5, 5.41) is 8.92. The normalized spacial score (nSPS) is 12.0. The molecule has 6 heteroatoms. The summed E-state index contributed by atoms with van der Waals surface area (Å²) in [5.41, 5.74) is 1.68. The predicted molar refractivity (Wildman–Crippen MR) is 80.4 cm³/mol. The van der Waals surface area contributed by atoms with Crippen molar-refractivity contribution in [2.75, 3.05) is 13.6 Å². The van der Waals surface area contributed by atoms with Gasteiger partial charge in [-0.2, -0.15) is 0 Å². The van der Waals surface area contributed by atoms with Gasteiger partial charge in [0.15, 0.2) is 5.76 Å². The molecule has 0 radical (unpaired) electrons. The zero-order valence-electron chi connectivity index (χ0n) is 12.7. The minimum Gasteiger partial charge on any atom is -0.481 e. The first-order valence-electron chi connectivity index (χ1n) is 6.90. The number of aromatic nitrogens is 1. The summed E-state index contributed by atoms with van der Waals surface area (Å²) < 4.78 is 5.28. The van der Waals surface area contributed by atoms with E-state index in [1.807, 2.05) is 0 Å². The van der Waals surface area contributed by atoms with Crippen molar-refractivity contribution < 1.29 is 19.1 Å². The Labute approximate surface area is 128 Å². The number of aryl methyl sites for hydroxylation is 1. The fourth-order valence-electron chi connectivity index (χ4n) is 2.13. The lowest BCUT2D eigenvalue weighted by atomic mass is 10.1. The molecule has 116 valence electrons. The minimum atomic E-state index is -0.928. The van der Waals surface area contributed by atoms with E-state index in [0.29, 0.717) is 22.7 Å². The highest BCUT2D eigenvalue weighted by Gasteiger charge is 2.20. The monoisotopic (exact) mass is 302 g/mol. The average molecular weight is 302 g/mol. The van der Waals surface area contributed by atoms with E-state index in [0.717, 1.165) is 0 Å². The molecule has 1 unspecified atom stereocenters. The van der Waals surface area contributed by atoms with Gasteiger partial charge in [-0.15, -0.1) is 0 Å². The molecule has 0 aromatic carbocycles. The third-order valence-corrected chi connectivity index (χ3v) is 3.41. The Morgan fingerprint density at radius 2 is 2.09 bits per heavy atom. The first kappa shape index (κ1) is 15.8. The van der Waals surface area contributed by atoms with Crippen molar-refractivity contribution in [1.29, 1.82) is 0 Å². The van der Waals surface area contributed by atoms with Gasteiger partial charge in [0, 0.05) is 13.6 Å². The highest BCUT2D eigenvalue weighted by Crippen LogP contribution is 2.20. The van der Waals surface area contributed by atoms with Crippen LogP contribution in [0.1, 0.15) is 23.0 Å². The quantitative estimate of drug-likeness (QED) is 0.917. The Kier molecular flexibility index (Phi) is 4.60. The molecular formula is C16H18N2O4. The SMILES string of the molecule is Cc1nc(-c2ccco2)ccc1C(=O)N(C)CC(C)C(=O)O. The number of carboxylic acids is 1. The van der Waals surface area contributed by atoms with Gasteiger partial charge in [0.05, 0.1) is 23.4 Å². The Morgan fingerprint density at radius 1 is 1.36 bits per heavy atom. The van der Waals surface area contributed by atoms with E-state index in [9.17, 15) is 9.59 Å². The van der Waals surface area contributed by atoms with Gasteiger partial charge < -0.3 is 14.4 Å². The third kappa shape index (κ3) is 3.33. The van der Waals surface area contributed by atoms with Crippen LogP contribution in [0.4, 0.5) is 0 Å². The van der Waals surface area contributed by atoms with Crippen LogP contribution >= 0.6 is 0 Å². The van der Waals surface area contributed by atoms with Gasteiger partial charge in [-0.25, -0.2) is 4.98 Å². The molecule has 6 nitrogen and oxygen atoms in total. The van der Waals surface area contributed by atoms with E-state index in [1.54, 1.807) is 51.4 Å². The second-order valence-corrected chi connectivity index (χ2v) is 5.23. The maximum atomic E-state index is 12.4. The molecule has 2 rings (SSSR count). The van der Waals surface area contributed by atoms with Gasteiger partial charge in [-0.3, -0.25) is 9.59 Å². The number of aliphatic carboxylic acids is 1. The molecule has 1 atom stereocenters. The Balaban J connectivity index is 2.18. The number of hydrogen-bond acceptors (Lipinski definition) is 4. The van der Waals surface area contributed by atoms with Crippen molar-refractivity contribution in [3.05, 3.63) is 41.8 Å². The van der Waals surface area contributed by atoms with E-state index < -0.39 is 11.9 Å². The van der Waals surface area contributed by atoms with Crippen LogP contribution in [0.25, 0.3) is 11.5 Å². The zero-order valence-corrected chi connectivity index (χ0v) is 12.7. The molecule has 0 saturated heterocycles. The lowest BCUT2D eigenvalue weighted by molar-refractivity contribution is -0.141. The summed E-state index contributed by atoms with van der Waals surface area (Å²) in [6, 6.07) is 6.97. The second-order valence-electron chi connectivity index (χ2n) is 5.23. The van der Waals surface area contributed by atoms with E-state index >= 15 is 0 Å². The van der Waals surface area contributed by atoms with Crippen LogP contribution in [0, 0.1) is 12.8 Å². The van der Waals surface area contributed by atoms with Gasteiger partial charge in [-0.05, 0) is 31.2 Å². The molecule has 2 aromatic rings. The van der Waals surface area contributed by atoms with Gasteiger partial charge in [0.25, 0.3) is 5.91 Å². The zero-order chi connectivity index (χ0) is 16.3. The van der Waals surface area contributed by atoms with Crippen molar-refractivity contribution in [2.24, 2.45) is 5.92 Å². The van der Waals surface area contributed by atoms with E-state index in [-0.39, 0.29) is 12.5 Å². The summed E-state index contributed by atoms with van der Waals surface area (Å²) in [6.45, 7) is 3.46. The molecule has 2 heterocycles. The molecular weight excluding hydrogens is 284 g/mol. The van der Waals surface area contributed by atoms with Crippen molar-refractivity contribution in [2.45, 2.75) is 13.8 Å². The van der Waals surface area contributed by atoms with Gasteiger partial charge >= 0.3 is 5.97 Å². The number of rotatable bonds is 5. The van der Waals surface area contributed by atoms with Crippen LogP contribution in [0.3, 0.4) is 0 Å². The number of carboxylic acid groups (broad SMARTS) is 1. The maximum absolute atomic E-state index is 12.4. The van der Waals surface area contributed by atoms with Crippen LogP contribution in [0.2, 0.25) is 0 Å². The Bertz CT molecular complexity index is 679. The molecule has 0 aliphatic carbocycles. The van der Waals surface area contributed by atoms with Crippen molar-refractivity contribution in [3.63, 3.8) is 0 Å². The van der Waals surface area contributed by atoms with Crippen LogP contribution in [-0.4, -0.2) is 40.5 Å².